The Morgan fingerprint density at radius 2 is 1.31 bits per heavy atom. The third kappa shape index (κ3) is 14.6. The average Bonchev–Trinajstić information content (AvgIpc) is 2.01. The van der Waals surface area contributed by atoms with E-state index in [0.29, 0.717) is 25.0 Å². The van der Waals surface area contributed by atoms with Crippen molar-refractivity contribution in [2.45, 2.75) is 40.5 Å². The van der Waals surface area contributed by atoms with Crippen molar-refractivity contribution in [1.29, 1.82) is 0 Å². The van der Waals surface area contributed by atoms with Gasteiger partial charge in [-0.05, 0) is 24.7 Å². The molecule has 0 aliphatic heterocycles. The molecule has 0 aliphatic rings. The fourth-order valence-corrected chi connectivity index (χ4v) is 2.46. The topological polar surface area (TPSA) is 18.5 Å². The van der Waals surface area contributed by atoms with Gasteiger partial charge in [0.15, 0.2) is 0 Å². The Labute approximate surface area is 153 Å². The first kappa shape index (κ1) is 20.9. The van der Waals surface area contributed by atoms with Crippen molar-refractivity contribution < 1.29 is 60.4 Å². The van der Waals surface area contributed by atoms with Crippen LogP contribution in [-0.2, 0) is 33.1 Å². The second kappa shape index (κ2) is 11.4. The van der Waals surface area contributed by atoms with Crippen molar-refractivity contribution in [2.24, 2.45) is 11.8 Å². The van der Waals surface area contributed by atoms with Crippen LogP contribution in [0.15, 0.2) is 0 Å². The van der Waals surface area contributed by atoms with E-state index in [9.17, 15) is 0 Å². The molecule has 0 aliphatic carbocycles. The fourth-order valence-electron chi connectivity index (χ4n) is 0.838. The Morgan fingerprint density at radius 3 is 1.56 bits per heavy atom. The minimum Gasteiger partial charge on any atom is -0.691 e. The first-order valence-corrected chi connectivity index (χ1v) is 9.09. The quantitative estimate of drug-likeness (QED) is 0.376. The third-order valence-electron chi connectivity index (χ3n) is 1.89. The molecule has 0 atom stereocenters. The van der Waals surface area contributed by atoms with Crippen molar-refractivity contribution >= 4 is 29.7 Å². The van der Waals surface area contributed by atoms with Crippen LogP contribution in [0.25, 0.3) is 0 Å². The van der Waals surface area contributed by atoms with Gasteiger partial charge in [0.05, 0.1) is 18.9 Å². The maximum absolute atomic E-state index is 5.44. The molecule has 16 heavy (non-hydrogen) atoms. The molecule has 0 spiro atoms. The van der Waals surface area contributed by atoms with E-state index in [-0.39, 0.29) is 51.4 Å². The first-order valence-electron chi connectivity index (χ1n) is 5.43. The van der Waals surface area contributed by atoms with Gasteiger partial charge in [0.1, 0.15) is 0 Å². The van der Waals surface area contributed by atoms with Crippen LogP contribution in [0, 0.1) is 11.8 Å². The van der Waals surface area contributed by atoms with Gasteiger partial charge < -0.3 is 21.3 Å². The monoisotopic (exact) mass is 308 g/mol. The summed E-state index contributed by atoms with van der Waals surface area (Å²) in [4.78, 5) is 0. The molecule has 0 radical (unpaired) electrons. The molecule has 6 heteroatoms. The fraction of sp³-hybridized carbons (Fsp3) is 1.00. The molecule has 0 aromatic rings. The van der Waals surface area contributed by atoms with Crippen LogP contribution in [0.4, 0.5) is 0 Å². The summed E-state index contributed by atoms with van der Waals surface area (Å²) in [5, 5.41) is 0. The van der Waals surface area contributed by atoms with E-state index < -0.39 is 5.69 Å². The van der Waals surface area contributed by atoms with E-state index in [1.807, 2.05) is 0 Å². The first-order chi connectivity index (χ1) is 6.83. The third-order valence-corrected chi connectivity index (χ3v) is 4.15. The van der Waals surface area contributed by atoms with E-state index in [2.05, 4.69) is 27.7 Å². The molecule has 0 amide bonds. The number of hydrogen-bond donors (Lipinski definition) is 0. The summed E-state index contributed by atoms with van der Waals surface area (Å²) < 4.78 is 10.9. The maximum atomic E-state index is 5.44. The molecule has 0 aromatic carbocycles. The molecule has 0 rings (SSSR count). The predicted octanol–water partition coefficient (Wildman–Crippen LogP) is 0.887. The predicted molar refractivity (Wildman–Crippen MR) is 72.5 cm³/mol. The van der Waals surface area contributed by atoms with Crippen molar-refractivity contribution in [1.82, 2.24) is 0 Å². The molecular formula is C10H22KO2PS2. The smallest absolute Gasteiger partial charge is 0.691 e. The van der Waals surface area contributed by atoms with Gasteiger partial charge in [-0.2, -0.15) is 0 Å². The summed E-state index contributed by atoms with van der Waals surface area (Å²) in [6, 6.07) is 0. The van der Waals surface area contributed by atoms with Gasteiger partial charge in [-0.3, -0.25) is 0 Å². The van der Waals surface area contributed by atoms with Crippen molar-refractivity contribution in [2.75, 3.05) is 13.2 Å². The normalized spacial score (nSPS) is 11.9. The number of rotatable bonds is 8. The van der Waals surface area contributed by atoms with E-state index in [0.717, 1.165) is 12.8 Å². The summed E-state index contributed by atoms with van der Waals surface area (Å²) in [6.45, 7) is 9.84. The molecule has 0 saturated heterocycles. The van der Waals surface area contributed by atoms with Crippen LogP contribution in [0.3, 0.4) is 0 Å². The van der Waals surface area contributed by atoms with Crippen LogP contribution >= 0.6 is 5.69 Å². The molecule has 0 bridgehead atoms. The van der Waals surface area contributed by atoms with E-state index >= 15 is 0 Å². The van der Waals surface area contributed by atoms with Crippen LogP contribution in [0.1, 0.15) is 40.5 Å². The largest absolute Gasteiger partial charge is 1.00 e. The van der Waals surface area contributed by atoms with Gasteiger partial charge in [-0.1, -0.05) is 39.5 Å². The van der Waals surface area contributed by atoms with Crippen molar-refractivity contribution in [3.8, 4) is 0 Å². The summed E-state index contributed by atoms with van der Waals surface area (Å²) in [7, 11) is 0. The zero-order valence-electron chi connectivity index (χ0n) is 11.1. The van der Waals surface area contributed by atoms with Gasteiger partial charge in [-0.25, -0.2) is 0 Å². The van der Waals surface area contributed by atoms with Crippen LogP contribution in [-0.4, -0.2) is 13.2 Å². The Balaban J connectivity index is 0. The van der Waals surface area contributed by atoms with E-state index in [4.69, 9.17) is 33.1 Å². The second-order valence-corrected chi connectivity index (χ2v) is 9.47. The zero-order chi connectivity index (χ0) is 11.9. The molecule has 0 heterocycles. The average molecular weight is 308 g/mol. The second-order valence-electron chi connectivity index (χ2n) is 4.48. The minimum atomic E-state index is -2.39. The van der Waals surface area contributed by atoms with Crippen molar-refractivity contribution in [3.63, 3.8) is 0 Å². The molecule has 0 saturated carbocycles. The summed E-state index contributed by atoms with van der Waals surface area (Å²) in [5.41, 5.74) is -2.39. The van der Waals surface area contributed by atoms with Gasteiger partial charge >= 0.3 is 51.4 Å². The van der Waals surface area contributed by atoms with Crippen LogP contribution < -0.4 is 51.4 Å². The van der Waals surface area contributed by atoms with Crippen molar-refractivity contribution in [3.05, 3.63) is 0 Å². The van der Waals surface area contributed by atoms with Gasteiger partial charge in [-0.15, -0.1) is 0 Å². The SMILES string of the molecule is CC(C)CCOP(=S)([S-])OCCC(C)C.[K+]. The van der Waals surface area contributed by atoms with Gasteiger partial charge in [0, 0.05) is 0 Å². The molecule has 2 nitrogen and oxygen atoms in total. The number of hydrogen-bond acceptors (Lipinski definition) is 4. The molecule has 0 unspecified atom stereocenters. The van der Waals surface area contributed by atoms with E-state index in [1.165, 1.54) is 0 Å². The summed E-state index contributed by atoms with van der Waals surface area (Å²) in [6.07, 6.45) is 1.98. The van der Waals surface area contributed by atoms with Gasteiger partial charge in [0.25, 0.3) is 0 Å². The molecular weight excluding hydrogens is 286 g/mol. The Morgan fingerprint density at radius 1 is 1.00 bits per heavy atom. The Hall–Kier alpha value is 2.56. The molecule has 0 fully saturated rings. The molecule has 0 N–H and O–H groups in total. The summed E-state index contributed by atoms with van der Waals surface area (Å²) in [5.74, 6) is 1.23. The minimum absolute atomic E-state index is 0. The maximum Gasteiger partial charge on any atom is 1.00 e. The Kier molecular flexibility index (Phi) is 14.9. The molecule has 0 aromatic heterocycles. The van der Waals surface area contributed by atoms with E-state index in [1.54, 1.807) is 0 Å². The zero-order valence-corrected chi connectivity index (χ0v) is 16.7. The molecule has 92 valence electrons. The van der Waals surface area contributed by atoms with Gasteiger partial charge in [0.2, 0.25) is 0 Å². The summed E-state index contributed by atoms with van der Waals surface area (Å²) >= 11 is 10.3. The Bertz CT molecular complexity index is 195. The van der Waals surface area contributed by atoms with Crippen LogP contribution in [0.5, 0.6) is 0 Å². The van der Waals surface area contributed by atoms with Crippen LogP contribution in [0.2, 0.25) is 0 Å². The standard InChI is InChI=1S/C10H23O2PS2.K/c1-9(2)5-7-11-13(14,15)12-8-6-10(3)4;/h9-10H,5-8H2,1-4H3,(H,14,15);/q;+1/p-1.